The average molecular weight is 431 g/mol. The molecule has 1 spiro atoms. The van der Waals surface area contributed by atoms with Crippen LogP contribution in [-0.2, 0) is 10.2 Å². The number of allylic oxidation sites excluding steroid dienone is 2. The minimum atomic E-state index is -0.946. The SMILES string of the molecule is O=C1C=Cc2ccccc2C12C(c1ccccc1)=C(c1ccccc1)c1ccc(Cl)cc12. The summed E-state index contributed by atoms with van der Waals surface area (Å²) in [5.41, 5.74) is 7.34. The summed E-state index contributed by atoms with van der Waals surface area (Å²) in [4.78, 5) is 14.1. The molecule has 4 aromatic carbocycles. The van der Waals surface area contributed by atoms with Gasteiger partial charge in [0, 0.05) is 5.02 Å². The number of ketones is 1. The van der Waals surface area contributed by atoms with Gasteiger partial charge in [0.15, 0.2) is 5.78 Å². The Hall–Kier alpha value is -3.68. The highest BCUT2D eigenvalue weighted by atomic mass is 35.5. The van der Waals surface area contributed by atoms with Gasteiger partial charge >= 0.3 is 0 Å². The van der Waals surface area contributed by atoms with Crippen molar-refractivity contribution < 1.29 is 4.79 Å². The zero-order valence-corrected chi connectivity index (χ0v) is 18.0. The van der Waals surface area contributed by atoms with Gasteiger partial charge in [-0.05, 0) is 62.7 Å². The van der Waals surface area contributed by atoms with Crippen LogP contribution in [0.2, 0.25) is 5.02 Å². The maximum atomic E-state index is 14.1. The Morgan fingerprint density at radius 3 is 2.03 bits per heavy atom. The van der Waals surface area contributed by atoms with Crippen LogP contribution in [0.1, 0.15) is 33.4 Å². The molecule has 0 saturated carbocycles. The molecule has 0 radical (unpaired) electrons. The highest BCUT2D eigenvalue weighted by molar-refractivity contribution is 6.31. The Morgan fingerprint density at radius 1 is 0.625 bits per heavy atom. The molecule has 2 heteroatoms. The van der Waals surface area contributed by atoms with Crippen LogP contribution >= 0.6 is 11.6 Å². The number of benzene rings is 4. The third-order valence-corrected chi connectivity index (χ3v) is 6.79. The molecule has 0 heterocycles. The average Bonchev–Trinajstić information content (AvgIpc) is 3.14. The molecule has 0 fully saturated rings. The van der Waals surface area contributed by atoms with Crippen molar-refractivity contribution in [3.63, 3.8) is 0 Å². The van der Waals surface area contributed by atoms with E-state index >= 15 is 0 Å². The van der Waals surface area contributed by atoms with Gasteiger partial charge in [0.1, 0.15) is 5.41 Å². The Bertz CT molecular complexity index is 1430. The van der Waals surface area contributed by atoms with Crippen LogP contribution in [0.4, 0.5) is 0 Å². The summed E-state index contributed by atoms with van der Waals surface area (Å²) in [7, 11) is 0. The van der Waals surface area contributed by atoms with Crippen molar-refractivity contribution in [1.29, 1.82) is 0 Å². The van der Waals surface area contributed by atoms with E-state index in [2.05, 4.69) is 42.5 Å². The fraction of sp³-hybridized carbons (Fsp3) is 0.0333. The fourth-order valence-electron chi connectivity index (χ4n) is 5.31. The second-order valence-electron chi connectivity index (χ2n) is 8.21. The van der Waals surface area contributed by atoms with Gasteiger partial charge in [-0.1, -0.05) is 109 Å². The third kappa shape index (κ3) is 2.55. The number of rotatable bonds is 2. The lowest BCUT2D eigenvalue weighted by molar-refractivity contribution is -0.116. The second kappa shape index (κ2) is 7.19. The number of fused-ring (bicyclic) bond motifs is 4. The van der Waals surface area contributed by atoms with Gasteiger partial charge in [0.05, 0.1) is 0 Å². The zero-order chi connectivity index (χ0) is 21.7. The van der Waals surface area contributed by atoms with Crippen molar-refractivity contribution in [3.05, 3.63) is 148 Å². The monoisotopic (exact) mass is 430 g/mol. The maximum Gasteiger partial charge on any atom is 0.175 e. The molecule has 2 aliphatic rings. The van der Waals surface area contributed by atoms with Crippen LogP contribution in [0.15, 0.2) is 109 Å². The Balaban J connectivity index is 1.84. The Labute approximate surface area is 192 Å². The lowest BCUT2D eigenvalue weighted by Crippen LogP contribution is -2.38. The van der Waals surface area contributed by atoms with Gasteiger partial charge in [0.2, 0.25) is 0 Å². The molecular formula is C30H19ClO. The summed E-state index contributed by atoms with van der Waals surface area (Å²) in [6.07, 6.45) is 3.65. The van der Waals surface area contributed by atoms with Crippen molar-refractivity contribution >= 4 is 34.6 Å². The number of hydrogen-bond acceptors (Lipinski definition) is 1. The third-order valence-electron chi connectivity index (χ3n) is 6.55. The first-order valence-corrected chi connectivity index (χ1v) is 11.1. The standard InChI is InChI=1S/C30H19ClO/c31-23-16-17-24-26(19-23)30(25-14-8-7-9-20(25)15-18-27(30)32)29(22-12-5-2-6-13-22)28(24)21-10-3-1-4-11-21/h1-19H. The fourth-order valence-corrected chi connectivity index (χ4v) is 5.49. The molecule has 2 aliphatic carbocycles. The zero-order valence-electron chi connectivity index (χ0n) is 17.3. The van der Waals surface area contributed by atoms with E-state index in [1.54, 1.807) is 6.08 Å². The lowest BCUT2D eigenvalue weighted by Gasteiger charge is -2.36. The highest BCUT2D eigenvalue weighted by Gasteiger charge is 2.53. The molecule has 0 N–H and O–H groups in total. The first-order chi connectivity index (χ1) is 15.7. The van der Waals surface area contributed by atoms with E-state index in [1.807, 2.05) is 66.7 Å². The van der Waals surface area contributed by atoms with Gasteiger partial charge < -0.3 is 0 Å². The van der Waals surface area contributed by atoms with Crippen LogP contribution in [-0.4, -0.2) is 5.78 Å². The molecular weight excluding hydrogens is 412 g/mol. The molecule has 0 aliphatic heterocycles. The minimum Gasteiger partial charge on any atom is -0.293 e. The number of carbonyl (C=O) groups is 1. The molecule has 0 bridgehead atoms. The molecule has 0 amide bonds. The number of hydrogen-bond donors (Lipinski definition) is 0. The summed E-state index contributed by atoms with van der Waals surface area (Å²) in [5, 5.41) is 0.629. The van der Waals surface area contributed by atoms with Crippen LogP contribution in [0.25, 0.3) is 17.2 Å². The van der Waals surface area contributed by atoms with E-state index in [1.165, 1.54) is 0 Å². The first-order valence-electron chi connectivity index (χ1n) is 10.7. The molecule has 4 aromatic rings. The summed E-state index contributed by atoms with van der Waals surface area (Å²) < 4.78 is 0. The molecule has 0 aromatic heterocycles. The second-order valence-corrected chi connectivity index (χ2v) is 8.64. The summed E-state index contributed by atoms with van der Waals surface area (Å²) in [6, 6.07) is 34.8. The van der Waals surface area contributed by atoms with E-state index in [-0.39, 0.29) is 5.78 Å². The minimum absolute atomic E-state index is 0.0597. The smallest absolute Gasteiger partial charge is 0.175 e. The first kappa shape index (κ1) is 19.0. The summed E-state index contributed by atoms with van der Waals surface area (Å²) in [6.45, 7) is 0. The van der Waals surface area contributed by atoms with Gasteiger partial charge in [-0.25, -0.2) is 0 Å². The molecule has 1 nitrogen and oxygen atoms in total. The summed E-state index contributed by atoms with van der Waals surface area (Å²) >= 11 is 6.54. The predicted molar refractivity (Wildman–Crippen MR) is 132 cm³/mol. The van der Waals surface area contributed by atoms with E-state index < -0.39 is 5.41 Å². The van der Waals surface area contributed by atoms with Crippen LogP contribution in [0, 0.1) is 0 Å². The van der Waals surface area contributed by atoms with Gasteiger partial charge in [-0.15, -0.1) is 0 Å². The van der Waals surface area contributed by atoms with Gasteiger partial charge in [-0.2, -0.15) is 0 Å². The van der Waals surface area contributed by atoms with E-state index in [4.69, 9.17) is 11.6 Å². The number of carbonyl (C=O) groups excluding carboxylic acids is 1. The van der Waals surface area contributed by atoms with E-state index in [9.17, 15) is 4.79 Å². The molecule has 0 saturated heterocycles. The van der Waals surface area contributed by atoms with Crippen LogP contribution < -0.4 is 0 Å². The van der Waals surface area contributed by atoms with Crippen molar-refractivity contribution in [1.82, 2.24) is 0 Å². The molecule has 152 valence electrons. The van der Waals surface area contributed by atoms with Crippen molar-refractivity contribution in [2.45, 2.75) is 5.41 Å². The molecule has 6 rings (SSSR count). The Kier molecular flexibility index (Phi) is 4.28. The van der Waals surface area contributed by atoms with Gasteiger partial charge in [-0.3, -0.25) is 4.79 Å². The quantitative estimate of drug-likeness (QED) is 0.328. The van der Waals surface area contributed by atoms with E-state index in [0.29, 0.717) is 5.02 Å². The molecule has 1 atom stereocenters. The Morgan fingerprint density at radius 2 is 1.28 bits per heavy atom. The summed E-state index contributed by atoms with van der Waals surface area (Å²) in [5.74, 6) is 0.0597. The maximum absolute atomic E-state index is 14.1. The van der Waals surface area contributed by atoms with Crippen LogP contribution in [0.5, 0.6) is 0 Å². The van der Waals surface area contributed by atoms with Crippen molar-refractivity contribution in [2.75, 3.05) is 0 Å². The van der Waals surface area contributed by atoms with Gasteiger partial charge in [0.25, 0.3) is 0 Å². The highest BCUT2D eigenvalue weighted by Crippen LogP contribution is 2.59. The van der Waals surface area contributed by atoms with E-state index in [0.717, 1.165) is 44.5 Å². The van der Waals surface area contributed by atoms with Crippen molar-refractivity contribution in [3.8, 4) is 0 Å². The largest absolute Gasteiger partial charge is 0.293 e. The topological polar surface area (TPSA) is 17.1 Å². The van der Waals surface area contributed by atoms with Crippen LogP contribution in [0.3, 0.4) is 0 Å². The number of halogens is 1. The van der Waals surface area contributed by atoms with Crippen molar-refractivity contribution in [2.24, 2.45) is 0 Å². The molecule has 1 unspecified atom stereocenters. The molecule has 32 heavy (non-hydrogen) atoms. The predicted octanol–water partition coefficient (Wildman–Crippen LogP) is 7.19. The lowest BCUT2D eigenvalue weighted by atomic mass is 9.63. The normalized spacial score (nSPS) is 18.7.